The first kappa shape index (κ1) is 24.5. The number of fused-ring (bicyclic) bond motifs is 1. The second kappa shape index (κ2) is 11.2. The molecule has 3 rings (SSSR count). The summed E-state index contributed by atoms with van der Waals surface area (Å²) in [5, 5.41) is 16.1. The predicted octanol–water partition coefficient (Wildman–Crippen LogP) is 3.60. The molecule has 0 aliphatic carbocycles. The fourth-order valence-electron chi connectivity index (χ4n) is 3.22. The van der Waals surface area contributed by atoms with Gasteiger partial charge in [0.15, 0.2) is 11.9 Å². The highest BCUT2D eigenvalue weighted by Gasteiger charge is 2.58. The van der Waals surface area contributed by atoms with Crippen LogP contribution in [0.4, 0.5) is 4.39 Å². The summed E-state index contributed by atoms with van der Waals surface area (Å²) in [7, 11) is 0. The van der Waals surface area contributed by atoms with Crippen LogP contribution in [0.25, 0.3) is 5.65 Å². The first-order valence-corrected chi connectivity index (χ1v) is 12.1. The first-order chi connectivity index (χ1) is 15.5. The standard InChI is InChI=1S/C21H31FN4O5S/c1-5-8-10-28-13-14-16(30-11-9-6-2)17(22)21(27,31-14)15-12-23-18-19(29-7-3)24-20(32-4)25-26(15)18/h12-13,16-17,27H,5-11H2,1-4H3/b14-13+/t16-,17-,21+/m1/s1. The number of halogens is 1. The summed E-state index contributed by atoms with van der Waals surface area (Å²) in [5.74, 6) is -2.04. The predicted molar refractivity (Wildman–Crippen MR) is 117 cm³/mol. The molecular formula is C21H31FN4O5S. The molecule has 0 saturated carbocycles. The van der Waals surface area contributed by atoms with E-state index in [0.29, 0.717) is 25.0 Å². The second-order valence-electron chi connectivity index (χ2n) is 7.31. The highest BCUT2D eigenvalue weighted by molar-refractivity contribution is 7.98. The summed E-state index contributed by atoms with van der Waals surface area (Å²) in [4.78, 5) is 8.56. The Hall–Kier alpha value is -2.11. The van der Waals surface area contributed by atoms with Crippen molar-refractivity contribution < 1.29 is 28.4 Å². The zero-order valence-electron chi connectivity index (χ0n) is 18.9. The van der Waals surface area contributed by atoms with E-state index in [1.165, 1.54) is 28.7 Å². The van der Waals surface area contributed by atoms with Crippen molar-refractivity contribution >= 4 is 17.4 Å². The number of nitrogens with zero attached hydrogens (tertiary/aromatic N) is 4. The summed E-state index contributed by atoms with van der Waals surface area (Å²) in [6.45, 7) is 7.03. The molecule has 1 saturated heterocycles. The molecule has 11 heteroatoms. The molecule has 0 bridgehead atoms. The number of aliphatic hydroxyl groups is 1. The monoisotopic (exact) mass is 470 g/mol. The number of hydrogen-bond donors (Lipinski definition) is 1. The van der Waals surface area contributed by atoms with Crippen LogP contribution in [-0.2, 0) is 20.0 Å². The van der Waals surface area contributed by atoms with Crippen LogP contribution in [0.3, 0.4) is 0 Å². The van der Waals surface area contributed by atoms with Gasteiger partial charge in [-0.15, -0.1) is 5.10 Å². The van der Waals surface area contributed by atoms with E-state index in [0.717, 1.165) is 25.7 Å². The van der Waals surface area contributed by atoms with Crippen LogP contribution in [0, 0.1) is 0 Å². The average Bonchev–Trinajstić information content (AvgIpc) is 3.32. The zero-order valence-corrected chi connectivity index (χ0v) is 19.7. The lowest BCUT2D eigenvalue weighted by Gasteiger charge is -2.23. The molecule has 178 valence electrons. The van der Waals surface area contributed by atoms with E-state index in [4.69, 9.17) is 18.9 Å². The quantitative estimate of drug-likeness (QED) is 0.283. The van der Waals surface area contributed by atoms with Gasteiger partial charge in [0, 0.05) is 6.61 Å². The number of alkyl halides is 1. The van der Waals surface area contributed by atoms with Crippen molar-refractivity contribution in [2.45, 2.75) is 69.7 Å². The summed E-state index contributed by atoms with van der Waals surface area (Å²) in [6, 6.07) is 0. The smallest absolute Gasteiger partial charge is 0.288 e. The van der Waals surface area contributed by atoms with Gasteiger partial charge in [0.2, 0.25) is 17.0 Å². The Morgan fingerprint density at radius 3 is 2.72 bits per heavy atom. The summed E-state index contributed by atoms with van der Waals surface area (Å²) < 4.78 is 39.5. The Morgan fingerprint density at radius 2 is 2.03 bits per heavy atom. The van der Waals surface area contributed by atoms with Crippen LogP contribution in [0.5, 0.6) is 5.88 Å². The summed E-state index contributed by atoms with van der Waals surface area (Å²) in [6.07, 6.45) is 4.84. The second-order valence-corrected chi connectivity index (χ2v) is 8.08. The van der Waals surface area contributed by atoms with Gasteiger partial charge < -0.3 is 24.1 Å². The molecule has 2 aromatic heterocycles. The van der Waals surface area contributed by atoms with Crippen LogP contribution < -0.4 is 4.74 Å². The van der Waals surface area contributed by atoms with Crippen molar-refractivity contribution in [3.05, 3.63) is 23.9 Å². The molecule has 1 fully saturated rings. The van der Waals surface area contributed by atoms with E-state index in [2.05, 4.69) is 15.1 Å². The lowest BCUT2D eigenvalue weighted by molar-refractivity contribution is -0.201. The number of rotatable bonds is 12. The van der Waals surface area contributed by atoms with E-state index in [1.54, 1.807) is 6.26 Å². The molecule has 0 aromatic carbocycles. The Labute approximate surface area is 191 Å². The van der Waals surface area contributed by atoms with Crippen molar-refractivity contribution in [1.29, 1.82) is 0 Å². The fraction of sp³-hybridized carbons (Fsp3) is 0.667. The maximum Gasteiger partial charge on any atom is 0.288 e. The third kappa shape index (κ3) is 4.94. The molecule has 3 heterocycles. The maximum absolute atomic E-state index is 15.7. The first-order valence-electron chi connectivity index (χ1n) is 10.9. The molecule has 9 nitrogen and oxygen atoms in total. The zero-order chi connectivity index (χ0) is 23.1. The third-order valence-electron chi connectivity index (χ3n) is 4.95. The minimum atomic E-state index is -2.37. The fourth-order valence-corrected chi connectivity index (χ4v) is 3.56. The van der Waals surface area contributed by atoms with Crippen molar-refractivity contribution in [3.8, 4) is 5.88 Å². The largest absolute Gasteiger partial charge is 0.498 e. The SMILES string of the molecule is CCCCO/C=C1/O[C@@](O)(c2cnc3c(OCC)nc(SC)nn23)[C@H](F)[C@@H]1OCCCC. The van der Waals surface area contributed by atoms with Gasteiger partial charge in [-0.3, -0.25) is 0 Å². The van der Waals surface area contributed by atoms with Gasteiger partial charge in [0.25, 0.3) is 11.7 Å². The van der Waals surface area contributed by atoms with Gasteiger partial charge in [-0.05, 0) is 26.0 Å². The van der Waals surface area contributed by atoms with Crippen molar-refractivity contribution in [2.75, 3.05) is 26.1 Å². The van der Waals surface area contributed by atoms with E-state index < -0.39 is 18.1 Å². The summed E-state index contributed by atoms with van der Waals surface area (Å²) >= 11 is 1.29. The van der Waals surface area contributed by atoms with Crippen LogP contribution in [-0.4, -0.2) is 63.0 Å². The number of imidazole rings is 1. The molecule has 1 aliphatic rings. The Kier molecular flexibility index (Phi) is 8.55. The van der Waals surface area contributed by atoms with Crippen LogP contribution in [0.2, 0.25) is 0 Å². The van der Waals surface area contributed by atoms with Gasteiger partial charge in [-0.2, -0.15) is 4.98 Å². The lowest BCUT2D eigenvalue weighted by atomic mass is 10.1. The van der Waals surface area contributed by atoms with Crippen LogP contribution in [0.15, 0.2) is 23.4 Å². The number of hydrogen-bond acceptors (Lipinski definition) is 9. The average molecular weight is 471 g/mol. The molecule has 32 heavy (non-hydrogen) atoms. The molecule has 0 unspecified atom stereocenters. The van der Waals surface area contributed by atoms with E-state index in [9.17, 15) is 5.11 Å². The molecule has 0 amide bonds. The van der Waals surface area contributed by atoms with Crippen molar-refractivity contribution in [3.63, 3.8) is 0 Å². The highest BCUT2D eigenvalue weighted by Crippen LogP contribution is 2.43. The minimum Gasteiger partial charge on any atom is -0.498 e. The molecule has 1 aliphatic heterocycles. The summed E-state index contributed by atoms with van der Waals surface area (Å²) in [5.41, 5.74) is 0.267. The molecule has 1 N–H and O–H groups in total. The van der Waals surface area contributed by atoms with E-state index in [-0.39, 0.29) is 23.0 Å². The van der Waals surface area contributed by atoms with Crippen LogP contribution >= 0.6 is 11.8 Å². The molecule has 0 radical (unpaired) electrons. The molecule has 2 aromatic rings. The third-order valence-corrected chi connectivity index (χ3v) is 5.48. The lowest BCUT2D eigenvalue weighted by Crippen LogP contribution is -2.39. The number of thioether (sulfide) groups is 1. The number of unbranched alkanes of at least 4 members (excludes halogenated alkanes) is 2. The van der Waals surface area contributed by atoms with E-state index >= 15 is 4.39 Å². The van der Waals surface area contributed by atoms with Gasteiger partial charge in [-0.25, -0.2) is 13.9 Å². The van der Waals surface area contributed by atoms with Crippen molar-refractivity contribution in [1.82, 2.24) is 19.6 Å². The van der Waals surface area contributed by atoms with Gasteiger partial charge in [-0.1, -0.05) is 38.5 Å². The number of aromatic nitrogens is 4. The van der Waals surface area contributed by atoms with Gasteiger partial charge in [0.05, 0.1) is 19.4 Å². The minimum absolute atomic E-state index is 0.0136. The highest BCUT2D eigenvalue weighted by atomic mass is 32.2. The van der Waals surface area contributed by atoms with Gasteiger partial charge in [0.1, 0.15) is 12.0 Å². The van der Waals surface area contributed by atoms with Gasteiger partial charge >= 0.3 is 0 Å². The molecular weight excluding hydrogens is 439 g/mol. The number of ether oxygens (including phenoxy) is 4. The normalized spacial score (nSPS) is 24.2. The maximum atomic E-state index is 15.7. The topological polar surface area (TPSA) is 100 Å². The van der Waals surface area contributed by atoms with E-state index in [1.807, 2.05) is 20.8 Å². The Morgan fingerprint density at radius 1 is 1.28 bits per heavy atom. The molecule has 0 spiro atoms. The van der Waals surface area contributed by atoms with Crippen molar-refractivity contribution in [2.24, 2.45) is 0 Å². The molecule has 3 atom stereocenters. The van der Waals surface area contributed by atoms with Crippen LogP contribution in [0.1, 0.15) is 52.1 Å². The Bertz CT molecular complexity index is 927. The Balaban J connectivity index is 1.99.